The van der Waals surface area contributed by atoms with Crippen molar-refractivity contribution in [2.75, 3.05) is 26.4 Å². The molecule has 66 heavy (non-hydrogen) atoms. The molecule has 4 saturated carbocycles. The molecule has 8 rings (SSSR count). The van der Waals surface area contributed by atoms with Crippen molar-refractivity contribution in [3.8, 4) is 0 Å². The standard InChI is InChI=1S/C47H76O19/c1-42(2)11-13-47(41(60)66-40-36(59)33(56)31(54)26(64-40)19-62-38-35(58)32(55)30(53)25(17-48)63-38)14-12-45(5)21(22(47)15-42)7-8-28-43(3)16-23(50)37(65-39-34(57)29(52)24(51)18-61-39)44(4,20-49)27(43)9-10-46(28,45)6/h7,22-40,48-59H,8-20H2,1-6H3/t22-,23-,24+,25+,26+,27+,28+,29-,30+,31+,32-,33-,34+,35+,36+,37-,38+,39-,40-,43-,44-,45+,46+,47-/m0/s1. The van der Waals surface area contributed by atoms with Crippen molar-refractivity contribution in [1.82, 2.24) is 0 Å². The first kappa shape index (κ1) is 50.9. The number of aliphatic hydroxyl groups is 12. The predicted molar refractivity (Wildman–Crippen MR) is 227 cm³/mol. The lowest BCUT2D eigenvalue weighted by Crippen LogP contribution is -2.69. The van der Waals surface area contributed by atoms with E-state index in [0.29, 0.717) is 44.9 Å². The second kappa shape index (κ2) is 18.0. The quantitative estimate of drug-likeness (QED) is 0.0728. The molecule has 3 aliphatic heterocycles. The molecule has 0 aromatic heterocycles. The van der Waals surface area contributed by atoms with Gasteiger partial charge < -0.3 is 89.7 Å². The summed E-state index contributed by atoms with van der Waals surface area (Å²) < 4.78 is 34.9. The van der Waals surface area contributed by atoms with Gasteiger partial charge in [0.2, 0.25) is 6.29 Å². The van der Waals surface area contributed by atoms with Crippen LogP contribution in [0, 0.1) is 50.2 Å². The van der Waals surface area contributed by atoms with Crippen LogP contribution in [0.15, 0.2) is 11.6 Å². The van der Waals surface area contributed by atoms with E-state index in [0.717, 1.165) is 12.8 Å². The van der Waals surface area contributed by atoms with Crippen LogP contribution in [0.3, 0.4) is 0 Å². The molecule has 0 spiro atoms. The maximum Gasteiger partial charge on any atom is 0.315 e. The Balaban J connectivity index is 1.03. The molecule has 0 aromatic rings. The third-order valence-corrected chi connectivity index (χ3v) is 19.0. The average molecular weight is 945 g/mol. The Morgan fingerprint density at radius 3 is 1.97 bits per heavy atom. The fourth-order valence-electron chi connectivity index (χ4n) is 14.8. The highest BCUT2D eigenvalue weighted by Gasteiger charge is 2.71. The van der Waals surface area contributed by atoms with Crippen LogP contribution in [-0.2, 0) is 33.2 Å². The number of carbonyl (C=O) groups excluding carboxylic acids is 1. The minimum Gasteiger partial charge on any atom is -0.432 e. The van der Waals surface area contributed by atoms with E-state index in [-0.39, 0.29) is 41.8 Å². The first-order valence-electron chi connectivity index (χ1n) is 24.0. The molecule has 8 aliphatic rings. The van der Waals surface area contributed by atoms with Crippen molar-refractivity contribution in [3.05, 3.63) is 11.6 Å². The summed E-state index contributed by atoms with van der Waals surface area (Å²) in [6.45, 7) is 11.3. The zero-order chi connectivity index (χ0) is 48.3. The van der Waals surface area contributed by atoms with Gasteiger partial charge in [0.1, 0.15) is 67.1 Å². The molecule has 5 aliphatic carbocycles. The Kier molecular flexibility index (Phi) is 13.9. The maximum absolute atomic E-state index is 14.9. The Labute approximate surface area is 385 Å². The van der Waals surface area contributed by atoms with Gasteiger partial charge in [-0.1, -0.05) is 53.2 Å². The van der Waals surface area contributed by atoms with Gasteiger partial charge >= 0.3 is 5.97 Å². The Hall–Kier alpha value is -1.47. The predicted octanol–water partition coefficient (Wildman–Crippen LogP) is -1.28. The summed E-state index contributed by atoms with van der Waals surface area (Å²) in [5.74, 6) is -0.927. The summed E-state index contributed by atoms with van der Waals surface area (Å²) in [6.07, 6.45) is -16.4. The highest BCUT2D eigenvalue weighted by atomic mass is 16.7. The van der Waals surface area contributed by atoms with Crippen molar-refractivity contribution >= 4 is 5.97 Å². The fourth-order valence-corrected chi connectivity index (χ4v) is 14.8. The highest BCUT2D eigenvalue weighted by Crippen LogP contribution is 2.76. The molecule has 7 fully saturated rings. The monoisotopic (exact) mass is 944 g/mol. The topological polar surface area (TPSA) is 315 Å². The number of fused-ring (bicyclic) bond motifs is 7. The number of aliphatic hydroxyl groups excluding tert-OH is 12. The van der Waals surface area contributed by atoms with Crippen LogP contribution < -0.4 is 0 Å². The minimum atomic E-state index is -1.83. The van der Waals surface area contributed by atoms with E-state index in [9.17, 15) is 66.1 Å². The summed E-state index contributed by atoms with van der Waals surface area (Å²) in [5, 5.41) is 128. The van der Waals surface area contributed by atoms with E-state index in [1.54, 1.807) is 0 Å². The first-order chi connectivity index (χ1) is 30.8. The van der Waals surface area contributed by atoms with Crippen LogP contribution in [0.25, 0.3) is 0 Å². The molecule has 0 radical (unpaired) electrons. The summed E-state index contributed by atoms with van der Waals surface area (Å²) >= 11 is 0. The van der Waals surface area contributed by atoms with E-state index >= 15 is 0 Å². The molecule has 19 nitrogen and oxygen atoms in total. The van der Waals surface area contributed by atoms with Gasteiger partial charge in [-0.3, -0.25) is 4.79 Å². The summed E-state index contributed by atoms with van der Waals surface area (Å²) in [7, 11) is 0. The van der Waals surface area contributed by atoms with Gasteiger partial charge in [0, 0.05) is 5.41 Å². The Bertz CT molecular complexity index is 1800. The maximum atomic E-state index is 14.9. The zero-order valence-electron chi connectivity index (χ0n) is 39.0. The summed E-state index contributed by atoms with van der Waals surface area (Å²) in [6, 6.07) is 0. The minimum absolute atomic E-state index is 0.0457. The van der Waals surface area contributed by atoms with Crippen LogP contribution in [0.1, 0.15) is 99.3 Å². The molecule has 12 N–H and O–H groups in total. The van der Waals surface area contributed by atoms with Crippen molar-refractivity contribution in [2.45, 2.75) is 198 Å². The molecule has 19 heteroatoms. The van der Waals surface area contributed by atoms with E-state index in [4.69, 9.17) is 28.4 Å². The number of ether oxygens (including phenoxy) is 6. The number of carbonyl (C=O) groups is 1. The van der Waals surface area contributed by atoms with E-state index in [1.165, 1.54) is 5.57 Å². The molecular weight excluding hydrogens is 868 g/mol. The van der Waals surface area contributed by atoms with Crippen LogP contribution in [0.4, 0.5) is 0 Å². The molecule has 24 atom stereocenters. The van der Waals surface area contributed by atoms with Gasteiger partial charge in [0.15, 0.2) is 12.6 Å². The average Bonchev–Trinajstić information content (AvgIpc) is 3.27. The lowest BCUT2D eigenvalue weighted by Gasteiger charge is -2.71. The molecular formula is C47H76O19. The largest absolute Gasteiger partial charge is 0.432 e. The van der Waals surface area contributed by atoms with Crippen LogP contribution in [0.5, 0.6) is 0 Å². The van der Waals surface area contributed by atoms with Crippen molar-refractivity contribution in [3.63, 3.8) is 0 Å². The number of hydrogen-bond donors (Lipinski definition) is 12. The van der Waals surface area contributed by atoms with Gasteiger partial charge in [0.25, 0.3) is 0 Å². The number of hydrogen-bond acceptors (Lipinski definition) is 19. The third-order valence-electron chi connectivity index (χ3n) is 19.0. The Morgan fingerprint density at radius 1 is 0.682 bits per heavy atom. The lowest BCUT2D eigenvalue weighted by molar-refractivity contribution is -0.329. The Morgan fingerprint density at radius 2 is 1.30 bits per heavy atom. The smallest absolute Gasteiger partial charge is 0.315 e. The van der Waals surface area contributed by atoms with Gasteiger partial charge in [0.05, 0.1) is 44.1 Å². The molecule has 0 aromatic carbocycles. The number of esters is 1. The van der Waals surface area contributed by atoms with Gasteiger partial charge in [-0.05, 0) is 97.2 Å². The number of allylic oxidation sites excluding steroid dienone is 2. The fraction of sp³-hybridized carbons (Fsp3) is 0.936. The summed E-state index contributed by atoms with van der Waals surface area (Å²) in [4.78, 5) is 14.9. The van der Waals surface area contributed by atoms with Gasteiger partial charge in [-0.2, -0.15) is 0 Å². The molecule has 0 bridgehead atoms. The molecule has 3 heterocycles. The van der Waals surface area contributed by atoms with Crippen molar-refractivity contribution in [1.29, 1.82) is 0 Å². The second-order valence-electron chi connectivity index (χ2n) is 23.1. The highest BCUT2D eigenvalue weighted by molar-refractivity contribution is 5.79. The van der Waals surface area contributed by atoms with Crippen LogP contribution in [0.2, 0.25) is 0 Å². The van der Waals surface area contributed by atoms with E-state index < -0.39 is 139 Å². The molecule has 378 valence electrons. The van der Waals surface area contributed by atoms with E-state index in [2.05, 4.69) is 40.7 Å². The van der Waals surface area contributed by atoms with Crippen LogP contribution in [-0.4, -0.2) is 192 Å². The number of rotatable bonds is 9. The first-order valence-corrected chi connectivity index (χ1v) is 24.0. The van der Waals surface area contributed by atoms with Crippen LogP contribution >= 0.6 is 0 Å². The molecule has 0 amide bonds. The van der Waals surface area contributed by atoms with E-state index in [1.807, 2.05) is 6.92 Å². The second-order valence-corrected chi connectivity index (χ2v) is 23.1. The van der Waals surface area contributed by atoms with Crippen molar-refractivity contribution in [2.24, 2.45) is 50.2 Å². The normalized spacial score (nSPS) is 54.8. The van der Waals surface area contributed by atoms with Gasteiger partial charge in [-0.25, -0.2) is 0 Å². The SMILES string of the molecule is CC1(C)CC[C@]2(C(=O)O[C@@H]3O[C@H](CO[C@@H]4O[C@H](CO)[C@@H](O)[C@H](O)[C@H]4O)[C@@H](O)[C@H](O)[C@H]3O)CC[C@]3(C)C(=CC[C@@H]4[C@@]5(C)C[C@H](O)[C@H](O[C@@H]6OC[C@@H](O)[C@H](O)[C@H]6O)[C@@](C)(CO)[C@@H]5CC[C@]43C)[C@@H]2C1. The van der Waals surface area contributed by atoms with Crippen molar-refractivity contribution < 1.29 is 94.5 Å². The lowest BCUT2D eigenvalue weighted by atomic mass is 9.33. The summed E-state index contributed by atoms with van der Waals surface area (Å²) in [5.41, 5.74) is -2.15. The molecule has 0 unspecified atom stereocenters. The van der Waals surface area contributed by atoms with Gasteiger partial charge in [-0.15, -0.1) is 0 Å². The molecule has 3 saturated heterocycles. The zero-order valence-corrected chi connectivity index (χ0v) is 39.0. The third kappa shape index (κ3) is 7.86.